The lowest BCUT2D eigenvalue weighted by Crippen LogP contribution is -2.54. The number of carbonyl (C=O) groups is 1. The van der Waals surface area contributed by atoms with Crippen molar-refractivity contribution in [3.63, 3.8) is 0 Å². The topological polar surface area (TPSA) is 44.8 Å². The molecule has 5 nitrogen and oxygen atoms in total. The van der Waals surface area contributed by atoms with Crippen LogP contribution in [-0.4, -0.2) is 74.2 Å². The molecule has 26 heavy (non-hydrogen) atoms. The maximum atomic E-state index is 13.0. The molecule has 2 aliphatic heterocycles. The first-order chi connectivity index (χ1) is 11.7. The number of halogens is 2. The number of amides is 1. The number of hydrogen-bond acceptors (Lipinski definition) is 4. The largest absolute Gasteiger partial charge is 0.366 e. The predicted octanol–water partition coefficient (Wildman–Crippen LogP) is 1.98. The smallest absolute Gasteiger partial charge is 0.253 e. The Kier molecular flexibility index (Phi) is 10.5. The molecule has 2 fully saturated rings. The van der Waals surface area contributed by atoms with Gasteiger partial charge in [0.15, 0.2) is 0 Å². The molecule has 0 aliphatic carbocycles. The molecule has 2 saturated heterocycles. The maximum Gasteiger partial charge on any atom is 0.253 e. The van der Waals surface area contributed by atoms with Crippen LogP contribution in [0.4, 0.5) is 0 Å². The molecule has 2 aliphatic rings. The summed E-state index contributed by atoms with van der Waals surface area (Å²) in [6, 6.07) is 10.8. The van der Waals surface area contributed by atoms with Gasteiger partial charge in [-0.15, -0.1) is 24.8 Å². The monoisotopic (exact) mass is 403 g/mol. The van der Waals surface area contributed by atoms with Crippen LogP contribution in [0.3, 0.4) is 0 Å². The van der Waals surface area contributed by atoms with Crippen LogP contribution >= 0.6 is 24.8 Å². The third-order valence-electron chi connectivity index (χ3n) is 5.10. The summed E-state index contributed by atoms with van der Waals surface area (Å²) in [6.07, 6.45) is 2.68. The number of nitrogens with zero attached hydrogens (tertiary/aromatic N) is 2. The lowest BCUT2D eigenvalue weighted by Gasteiger charge is -2.39. The second-order valence-corrected chi connectivity index (χ2v) is 6.87. The fourth-order valence-electron chi connectivity index (χ4n) is 3.58. The van der Waals surface area contributed by atoms with Crippen LogP contribution in [0.2, 0.25) is 0 Å². The van der Waals surface area contributed by atoms with Gasteiger partial charge in [0.2, 0.25) is 0 Å². The molecule has 0 saturated carbocycles. The van der Waals surface area contributed by atoms with Crippen molar-refractivity contribution in [2.75, 3.05) is 46.4 Å². The molecule has 7 heteroatoms. The summed E-state index contributed by atoms with van der Waals surface area (Å²) in [6.45, 7) is 4.98. The maximum absolute atomic E-state index is 13.0. The molecule has 1 atom stereocenters. The summed E-state index contributed by atoms with van der Waals surface area (Å²) in [5.41, 5.74) is 1.28. The summed E-state index contributed by atoms with van der Waals surface area (Å²) in [5.74, 6) is 0.160. The van der Waals surface area contributed by atoms with Crippen molar-refractivity contribution in [2.45, 2.75) is 31.4 Å². The Morgan fingerprint density at radius 1 is 1.23 bits per heavy atom. The van der Waals surface area contributed by atoms with Gasteiger partial charge in [0.25, 0.3) is 5.91 Å². The first-order valence-electron chi connectivity index (χ1n) is 9.09. The molecular formula is C19H31Cl2N3O2. The van der Waals surface area contributed by atoms with Gasteiger partial charge in [-0.1, -0.05) is 30.3 Å². The zero-order valence-electron chi connectivity index (χ0n) is 15.4. The molecule has 0 bridgehead atoms. The SMILES string of the molecule is CN1CCC(N(CCc2ccccc2)C(=O)C2CNCCO2)CC1.Cl.Cl. The van der Waals surface area contributed by atoms with Gasteiger partial charge in [0.05, 0.1) is 6.61 Å². The minimum atomic E-state index is -0.325. The molecule has 148 valence electrons. The van der Waals surface area contributed by atoms with Crippen LogP contribution in [-0.2, 0) is 16.0 Å². The van der Waals surface area contributed by atoms with Gasteiger partial charge < -0.3 is 19.9 Å². The molecule has 1 aromatic carbocycles. The molecule has 1 amide bonds. The molecule has 2 heterocycles. The lowest BCUT2D eigenvalue weighted by molar-refractivity contribution is -0.148. The van der Waals surface area contributed by atoms with Crippen LogP contribution < -0.4 is 5.32 Å². The van der Waals surface area contributed by atoms with E-state index in [2.05, 4.69) is 46.4 Å². The van der Waals surface area contributed by atoms with E-state index >= 15 is 0 Å². The highest BCUT2D eigenvalue weighted by Gasteiger charge is 2.32. The Hall–Kier alpha value is -0.850. The normalized spacial score (nSPS) is 21.3. The fourth-order valence-corrected chi connectivity index (χ4v) is 3.58. The fraction of sp³-hybridized carbons (Fsp3) is 0.632. The number of likely N-dealkylation sites (tertiary alicyclic amines) is 1. The van der Waals surface area contributed by atoms with E-state index in [4.69, 9.17) is 4.74 Å². The van der Waals surface area contributed by atoms with E-state index in [1.165, 1.54) is 5.56 Å². The second kappa shape index (κ2) is 11.8. The van der Waals surface area contributed by atoms with Crippen molar-refractivity contribution in [2.24, 2.45) is 0 Å². The first-order valence-corrected chi connectivity index (χ1v) is 9.09. The van der Waals surface area contributed by atoms with Gasteiger partial charge in [0.1, 0.15) is 6.10 Å². The summed E-state index contributed by atoms with van der Waals surface area (Å²) in [4.78, 5) is 17.5. The number of hydrogen-bond donors (Lipinski definition) is 1. The van der Waals surface area contributed by atoms with Crippen LogP contribution in [0.1, 0.15) is 18.4 Å². The third kappa shape index (κ3) is 6.39. The quantitative estimate of drug-likeness (QED) is 0.816. The molecule has 0 spiro atoms. The van der Waals surface area contributed by atoms with Gasteiger partial charge in [-0.2, -0.15) is 0 Å². The molecule has 1 aromatic rings. The van der Waals surface area contributed by atoms with Gasteiger partial charge in [-0.05, 0) is 45.0 Å². The van der Waals surface area contributed by atoms with E-state index in [0.717, 1.165) is 45.4 Å². The average molecular weight is 404 g/mol. The molecular weight excluding hydrogens is 373 g/mol. The number of ether oxygens (including phenoxy) is 1. The van der Waals surface area contributed by atoms with Crippen molar-refractivity contribution in [3.8, 4) is 0 Å². The van der Waals surface area contributed by atoms with Crippen molar-refractivity contribution in [1.82, 2.24) is 15.1 Å². The van der Waals surface area contributed by atoms with E-state index in [9.17, 15) is 4.79 Å². The lowest BCUT2D eigenvalue weighted by atomic mass is 10.0. The number of carbonyl (C=O) groups excluding carboxylic acids is 1. The van der Waals surface area contributed by atoms with Gasteiger partial charge in [-0.3, -0.25) is 4.79 Å². The Labute approximate surface area is 169 Å². The standard InChI is InChI=1S/C19H29N3O2.2ClH/c1-21-11-8-17(9-12-21)22(13-7-16-5-3-2-4-6-16)19(23)18-15-20-10-14-24-18;;/h2-6,17-18,20H,7-15H2,1H3;2*1H. The highest BCUT2D eigenvalue weighted by Crippen LogP contribution is 2.18. The Bertz CT molecular complexity index is 519. The van der Waals surface area contributed by atoms with Crippen molar-refractivity contribution in [3.05, 3.63) is 35.9 Å². The van der Waals surface area contributed by atoms with Crippen LogP contribution in [0.5, 0.6) is 0 Å². The summed E-state index contributed by atoms with van der Waals surface area (Å²) in [5, 5.41) is 3.27. The van der Waals surface area contributed by atoms with Crippen LogP contribution in [0.15, 0.2) is 30.3 Å². The van der Waals surface area contributed by atoms with E-state index in [-0.39, 0.29) is 36.8 Å². The average Bonchev–Trinajstić information content (AvgIpc) is 2.65. The number of benzene rings is 1. The molecule has 0 aromatic heterocycles. The number of piperidine rings is 1. The summed E-state index contributed by atoms with van der Waals surface area (Å²) < 4.78 is 5.72. The Morgan fingerprint density at radius 3 is 2.54 bits per heavy atom. The predicted molar refractivity (Wildman–Crippen MR) is 109 cm³/mol. The number of rotatable bonds is 5. The van der Waals surface area contributed by atoms with Gasteiger partial charge >= 0.3 is 0 Å². The number of nitrogens with one attached hydrogen (secondary N) is 1. The summed E-state index contributed by atoms with van der Waals surface area (Å²) in [7, 11) is 2.15. The number of morpholine rings is 1. The highest BCUT2D eigenvalue weighted by molar-refractivity contribution is 5.85. The second-order valence-electron chi connectivity index (χ2n) is 6.87. The van der Waals surface area contributed by atoms with Crippen molar-refractivity contribution < 1.29 is 9.53 Å². The third-order valence-corrected chi connectivity index (χ3v) is 5.10. The molecule has 0 radical (unpaired) electrons. The zero-order valence-corrected chi connectivity index (χ0v) is 17.1. The van der Waals surface area contributed by atoms with Crippen molar-refractivity contribution >= 4 is 30.7 Å². The zero-order chi connectivity index (χ0) is 16.8. The molecule has 3 rings (SSSR count). The molecule has 1 N–H and O–H groups in total. The van der Waals surface area contributed by atoms with Crippen LogP contribution in [0.25, 0.3) is 0 Å². The Morgan fingerprint density at radius 2 is 1.92 bits per heavy atom. The van der Waals surface area contributed by atoms with E-state index in [1.807, 2.05) is 6.07 Å². The Balaban J connectivity index is 0.00000169. The summed E-state index contributed by atoms with van der Waals surface area (Å²) >= 11 is 0. The first kappa shape index (κ1) is 23.2. The minimum absolute atomic E-state index is 0. The minimum Gasteiger partial charge on any atom is -0.366 e. The molecule has 1 unspecified atom stereocenters. The van der Waals surface area contributed by atoms with Crippen LogP contribution in [0, 0.1) is 0 Å². The van der Waals surface area contributed by atoms with E-state index in [1.54, 1.807) is 0 Å². The van der Waals surface area contributed by atoms with E-state index in [0.29, 0.717) is 19.2 Å². The van der Waals surface area contributed by atoms with Gasteiger partial charge in [0, 0.05) is 25.7 Å². The van der Waals surface area contributed by atoms with Crippen molar-refractivity contribution in [1.29, 1.82) is 0 Å². The van der Waals surface area contributed by atoms with Gasteiger partial charge in [-0.25, -0.2) is 0 Å². The van der Waals surface area contributed by atoms with E-state index < -0.39 is 0 Å². The highest BCUT2D eigenvalue weighted by atomic mass is 35.5.